The van der Waals surface area contributed by atoms with Crippen LogP contribution >= 0.6 is 11.6 Å². The van der Waals surface area contributed by atoms with Crippen molar-refractivity contribution in [1.29, 1.82) is 0 Å². The van der Waals surface area contributed by atoms with Crippen molar-refractivity contribution >= 4 is 17.6 Å². The average molecular weight is 468 g/mol. The number of rotatable bonds is 8. The molecule has 0 radical (unpaired) electrons. The molecular formula is C25H29ClF3NO2. The standard InChI is InChI=1S/C25H29ClF3NO2/c1-2-3-4-22(18-7-11-21(26)12-8-18)30-14-13-17(16-24(31)32)15-23(30)19-5-9-20(10-6-19)25(27,28)29/h5-12,17,22-23H,2-4,13-16H2,1H3,(H,31,32). The van der Waals surface area contributed by atoms with Gasteiger partial charge in [-0.25, -0.2) is 0 Å². The number of nitrogens with zero attached hydrogens (tertiary/aromatic N) is 1. The molecule has 0 bridgehead atoms. The van der Waals surface area contributed by atoms with E-state index in [1.807, 2.05) is 24.3 Å². The number of likely N-dealkylation sites (tertiary alicyclic amines) is 1. The summed E-state index contributed by atoms with van der Waals surface area (Å²) in [6.07, 6.45) is 0.00806. The van der Waals surface area contributed by atoms with E-state index in [9.17, 15) is 23.1 Å². The van der Waals surface area contributed by atoms with E-state index in [4.69, 9.17) is 11.6 Å². The van der Waals surface area contributed by atoms with Crippen LogP contribution in [0.25, 0.3) is 0 Å². The van der Waals surface area contributed by atoms with E-state index < -0.39 is 17.7 Å². The zero-order chi connectivity index (χ0) is 23.3. The second kappa shape index (κ2) is 10.7. The molecule has 1 heterocycles. The van der Waals surface area contributed by atoms with E-state index in [0.717, 1.165) is 48.9 Å². The first-order valence-electron chi connectivity index (χ1n) is 11.1. The fourth-order valence-corrected chi connectivity index (χ4v) is 4.82. The van der Waals surface area contributed by atoms with E-state index in [1.165, 1.54) is 0 Å². The Morgan fingerprint density at radius 3 is 2.38 bits per heavy atom. The van der Waals surface area contributed by atoms with Gasteiger partial charge in [-0.3, -0.25) is 9.69 Å². The molecule has 0 aliphatic carbocycles. The molecule has 3 unspecified atom stereocenters. The molecule has 1 aliphatic rings. The summed E-state index contributed by atoms with van der Waals surface area (Å²) in [5.74, 6) is -0.845. The van der Waals surface area contributed by atoms with Crippen LogP contribution in [0.1, 0.15) is 74.2 Å². The number of aliphatic carboxylic acids is 1. The number of hydrogen-bond acceptors (Lipinski definition) is 2. The first kappa shape index (κ1) is 24.6. The summed E-state index contributed by atoms with van der Waals surface area (Å²) >= 11 is 6.09. The number of alkyl halides is 3. The van der Waals surface area contributed by atoms with Gasteiger partial charge in [-0.15, -0.1) is 0 Å². The van der Waals surface area contributed by atoms with Gasteiger partial charge in [0.15, 0.2) is 0 Å². The molecule has 1 fully saturated rings. The molecule has 1 N–H and O–H groups in total. The van der Waals surface area contributed by atoms with Crippen LogP contribution in [0.3, 0.4) is 0 Å². The molecule has 3 nitrogen and oxygen atoms in total. The van der Waals surface area contributed by atoms with Crippen molar-refractivity contribution in [2.45, 2.75) is 63.7 Å². The molecular weight excluding hydrogens is 439 g/mol. The van der Waals surface area contributed by atoms with Gasteiger partial charge in [0, 0.05) is 23.5 Å². The lowest BCUT2D eigenvalue weighted by Crippen LogP contribution is -2.40. The Bertz CT molecular complexity index is 884. The summed E-state index contributed by atoms with van der Waals surface area (Å²) < 4.78 is 39.2. The van der Waals surface area contributed by atoms with Crippen molar-refractivity contribution in [2.24, 2.45) is 5.92 Å². The van der Waals surface area contributed by atoms with E-state index in [2.05, 4.69) is 11.8 Å². The molecule has 1 saturated heterocycles. The summed E-state index contributed by atoms with van der Waals surface area (Å²) in [7, 11) is 0. The van der Waals surface area contributed by atoms with Crippen molar-refractivity contribution in [3.63, 3.8) is 0 Å². The zero-order valence-electron chi connectivity index (χ0n) is 18.1. The molecule has 3 rings (SSSR count). The molecule has 0 spiro atoms. The lowest BCUT2D eigenvalue weighted by molar-refractivity contribution is -0.139. The normalized spacial score (nSPS) is 20.8. The second-order valence-corrected chi connectivity index (χ2v) is 9.01. The minimum Gasteiger partial charge on any atom is -0.481 e. The fraction of sp³-hybridized carbons (Fsp3) is 0.480. The molecule has 0 amide bonds. The van der Waals surface area contributed by atoms with Gasteiger partial charge < -0.3 is 5.11 Å². The van der Waals surface area contributed by atoms with E-state index >= 15 is 0 Å². The Kier molecular flexibility index (Phi) is 8.23. The highest BCUT2D eigenvalue weighted by molar-refractivity contribution is 6.30. The molecule has 7 heteroatoms. The Hall–Kier alpha value is -2.05. The Morgan fingerprint density at radius 2 is 1.81 bits per heavy atom. The number of unbranched alkanes of at least 4 members (excludes halogenated alkanes) is 1. The van der Waals surface area contributed by atoms with E-state index in [0.29, 0.717) is 18.0 Å². The summed E-state index contributed by atoms with van der Waals surface area (Å²) in [4.78, 5) is 13.7. The smallest absolute Gasteiger partial charge is 0.416 e. The van der Waals surface area contributed by atoms with Gasteiger partial charge >= 0.3 is 12.1 Å². The van der Waals surface area contributed by atoms with Gasteiger partial charge in [0.1, 0.15) is 0 Å². The summed E-state index contributed by atoms with van der Waals surface area (Å²) in [6.45, 7) is 2.83. The highest BCUT2D eigenvalue weighted by Crippen LogP contribution is 2.43. The average Bonchev–Trinajstić information content (AvgIpc) is 2.75. The van der Waals surface area contributed by atoms with Crippen molar-refractivity contribution in [3.8, 4) is 0 Å². The number of benzene rings is 2. The summed E-state index contributed by atoms with van der Waals surface area (Å²) in [5.41, 5.74) is 1.24. The third-order valence-electron chi connectivity index (χ3n) is 6.32. The number of hydrogen-bond donors (Lipinski definition) is 1. The minimum atomic E-state index is -4.39. The van der Waals surface area contributed by atoms with Crippen molar-refractivity contribution < 1.29 is 23.1 Å². The molecule has 1 aliphatic heterocycles. The van der Waals surface area contributed by atoms with Crippen LogP contribution in [0.4, 0.5) is 13.2 Å². The maximum atomic E-state index is 13.1. The van der Waals surface area contributed by atoms with Crippen LogP contribution in [-0.4, -0.2) is 22.5 Å². The number of carbonyl (C=O) groups is 1. The third kappa shape index (κ3) is 6.26. The van der Waals surface area contributed by atoms with Gasteiger partial charge in [0.25, 0.3) is 0 Å². The molecule has 2 aromatic rings. The summed E-state index contributed by atoms with van der Waals surface area (Å²) in [6, 6.07) is 13.0. The van der Waals surface area contributed by atoms with Gasteiger partial charge in [0.05, 0.1) is 5.56 Å². The van der Waals surface area contributed by atoms with Crippen LogP contribution in [0, 0.1) is 5.92 Å². The van der Waals surface area contributed by atoms with Crippen molar-refractivity contribution in [1.82, 2.24) is 4.90 Å². The highest BCUT2D eigenvalue weighted by atomic mass is 35.5. The van der Waals surface area contributed by atoms with Gasteiger partial charge in [-0.05, 0) is 67.1 Å². The molecule has 32 heavy (non-hydrogen) atoms. The molecule has 0 aromatic heterocycles. The minimum absolute atomic E-state index is 0.00640. The largest absolute Gasteiger partial charge is 0.481 e. The number of carboxylic acid groups (broad SMARTS) is 1. The van der Waals surface area contributed by atoms with Crippen LogP contribution in [0.5, 0.6) is 0 Å². The first-order chi connectivity index (χ1) is 15.2. The molecule has 3 atom stereocenters. The Morgan fingerprint density at radius 1 is 1.16 bits per heavy atom. The number of carboxylic acids is 1. The predicted molar refractivity (Wildman–Crippen MR) is 120 cm³/mol. The highest BCUT2D eigenvalue weighted by Gasteiger charge is 2.36. The lowest BCUT2D eigenvalue weighted by Gasteiger charge is -2.44. The maximum absolute atomic E-state index is 13.1. The van der Waals surface area contributed by atoms with E-state index in [-0.39, 0.29) is 24.4 Å². The lowest BCUT2D eigenvalue weighted by atomic mass is 9.82. The van der Waals surface area contributed by atoms with Gasteiger partial charge in [-0.1, -0.05) is 55.6 Å². The third-order valence-corrected chi connectivity index (χ3v) is 6.58. The maximum Gasteiger partial charge on any atom is 0.416 e. The van der Waals surface area contributed by atoms with Crippen molar-refractivity contribution in [2.75, 3.05) is 6.54 Å². The van der Waals surface area contributed by atoms with Gasteiger partial charge in [0.2, 0.25) is 0 Å². The monoisotopic (exact) mass is 467 g/mol. The van der Waals surface area contributed by atoms with Crippen LogP contribution in [0.15, 0.2) is 48.5 Å². The Balaban J connectivity index is 1.95. The molecule has 174 valence electrons. The number of halogens is 4. The quantitative estimate of drug-likeness (QED) is 0.436. The number of piperidine rings is 1. The fourth-order valence-electron chi connectivity index (χ4n) is 4.69. The zero-order valence-corrected chi connectivity index (χ0v) is 18.9. The first-order valence-corrected chi connectivity index (χ1v) is 11.5. The SMILES string of the molecule is CCCCC(c1ccc(Cl)cc1)N1CCC(CC(=O)O)CC1c1ccc(C(F)(F)F)cc1. The second-order valence-electron chi connectivity index (χ2n) is 8.57. The Labute approximate surface area is 192 Å². The predicted octanol–water partition coefficient (Wildman–Crippen LogP) is 7.52. The van der Waals surface area contributed by atoms with E-state index in [1.54, 1.807) is 12.1 Å². The topological polar surface area (TPSA) is 40.5 Å². The molecule has 0 saturated carbocycles. The van der Waals surface area contributed by atoms with Gasteiger partial charge in [-0.2, -0.15) is 13.2 Å². The summed E-state index contributed by atoms with van der Waals surface area (Å²) in [5, 5.41) is 9.95. The molecule has 2 aromatic carbocycles. The van der Waals surface area contributed by atoms with Crippen LogP contribution < -0.4 is 0 Å². The van der Waals surface area contributed by atoms with Crippen molar-refractivity contribution in [3.05, 3.63) is 70.2 Å². The van der Waals surface area contributed by atoms with Crippen LogP contribution in [0.2, 0.25) is 5.02 Å². The van der Waals surface area contributed by atoms with Crippen LogP contribution in [-0.2, 0) is 11.0 Å².